The van der Waals surface area contributed by atoms with Crippen LogP contribution in [0, 0.1) is 5.41 Å². The number of hydrogen-bond acceptors (Lipinski definition) is 6. The number of amides is 1. The van der Waals surface area contributed by atoms with Gasteiger partial charge in [0.05, 0.1) is 37.3 Å². The molecule has 2 aliphatic heterocycles. The summed E-state index contributed by atoms with van der Waals surface area (Å²) in [4.78, 5) is 29.7. The van der Waals surface area contributed by atoms with Crippen molar-refractivity contribution >= 4 is 12.1 Å². The van der Waals surface area contributed by atoms with Crippen molar-refractivity contribution in [3.8, 4) is 0 Å². The van der Waals surface area contributed by atoms with E-state index in [9.17, 15) is 23.5 Å². The van der Waals surface area contributed by atoms with Gasteiger partial charge in [0.15, 0.2) is 0 Å². The average Bonchev–Trinajstić information content (AvgIpc) is 2.97. The molecule has 0 aromatic rings. The van der Waals surface area contributed by atoms with E-state index in [0.29, 0.717) is 0 Å². The van der Waals surface area contributed by atoms with Gasteiger partial charge >= 0.3 is 12.1 Å². The number of carbonyl (C=O) groups excluding carboxylic acids is 1. The van der Waals surface area contributed by atoms with Crippen molar-refractivity contribution in [1.82, 2.24) is 9.96 Å². The van der Waals surface area contributed by atoms with Crippen LogP contribution >= 0.6 is 0 Å². The Hall–Kier alpha value is -1.52. The topological polar surface area (TPSA) is 99.5 Å². The number of nitrogens with zero attached hydrogens (tertiary/aromatic N) is 2. The lowest BCUT2D eigenvalue weighted by molar-refractivity contribution is -0.202. The summed E-state index contributed by atoms with van der Waals surface area (Å²) in [5.41, 5.74) is -2.37. The van der Waals surface area contributed by atoms with Gasteiger partial charge in [-0.05, 0) is 34.6 Å². The van der Waals surface area contributed by atoms with E-state index < -0.39 is 60.3 Å². The predicted octanol–water partition coefficient (Wildman–Crippen LogP) is 1.33. The second-order valence-corrected chi connectivity index (χ2v) is 8.32. The molecule has 2 rings (SSSR count). The summed E-state index contributed by atoms with van der Waals surface area (Å²) >= 11 is 0. The van der Waals surface area contributed by atoms with Gasteiger partial charge in [-0.3, -0.25) is 14.5 Å². The Kier molecular flexibility index (Phi) is 5.26. The first-order valence-electron chi connectivity index (χ1n) is 8.35. The van der Waals surface area contributed by atoms with Crippen LogP contribution in [0.15, 0.2) is 0 Å². The van der Waals surface area contributed by atoms with Crippen LogP contribution < -0.4 is 0 Å². The summed E-state index contributed by atoms with van der Waals surface area (Å²) in [7, 11) is 0. The molecule has 0 radical (unpaired) electrons. The second-order valence-electron chi connectivity index (χ2n) is 8.32. The van der Waals surface area contributed by atoms with Crippen LogP contribution in [0.4, 0.5) is 13.6 Å². The Morgan fingerprint density at radius 3 is 2.38 bits per heavy atom. The molecule has 0 bridgehead atoms. The third kappa shape index (κ3) is 3.91. The maximum Gasteiger partial charge on any atom is 0.410 e. The first kappa shape index (κ1) is 20.8. The first-order chi connectivity index (χ1) is 11.7. The Bertz CT molecular complexity index is 578. The number of fused-ring (bicyclic) bond motifs is 1. The van der Waals surface area contributed by atoms with Gasteiger partial charge in [-0.15, -0.1) is 0 Å². The molecule has 0 aliphatic carbocycles. The van der Waals surface area contributed by atoms with Crippen molar-refractivity contribution in [2.45, 2.75) is 64.3 Å². The molecule has 2 N–H and O–H groups in total. The van der Waals surface area contributed by atoms with E-state index in [4.69, 9.17) is 14.7 Å². The molecule has 8 nitrogen and oxygen atoms in total. The maximum absolute atomic E-state index is 14.5. The second kappa shape index (κ2) is 6.58. The van der Waals surface area contributed by atoms with Gasteiger partial charge in [0.1, 0.15) is 11.6 Å². The van der Waals surface area contributed by atoms with E-state index in [1.54, 1.807) is 20.8 Å². The number of rotatable bonds is 4. The number of alkyl halides is 2. The van der Waals surface area contributed by atoms with E-state index in [0.717, 1.165) is 9.96 Å². The zero-order valence-electron chi connectivity index (χ0n) is 15.5. The average molecular weight is 380 g/mol. The molecule has 0 aromatic carbocycles. The van der Waals surface area contributed by atoms with Gasteiger partial charge in [0.2, 0.25) is 0 Å². The van der Waals surface area contributed by atoms with Gasteiger partial charge in [0, 0.05) is 0 Å². The van der Waals surface area contributed by atoms with Crippen LogP contribution in [0.3, 0.4) is 0 Å². The molecule has 1 unspecified atom stereocenters. The minimum atomic E-state index is -3.29. The molecule has 10 heteroatoms. The Labute approximate surface area is 150 Å². The minimum absolute atomic E-state index is 0.181. The van der Waals surface area contributed by atoms with E-state index in [1.165, 1.54) is 13.8 Å². The fourth-order valence-electron chi connectivity index (χ4n) is 2.95. The molecule has 0 saturated carbocycles. The minimum Gasteiger partial charge on any atom is -0.481 e. The highest BCUT2D eigenvalue weighted by atomic mass is 19.3. The zero-order valence-corrected chi connectivity index (χ0v) is 15.5. The van der Waals surface area contributed by atoms with Crippen molar-refractivity contribution < 1.29 is 38.2 Å². The first-order valence-corrected chi connectivity index (χ1v) is 8.35. The molecule has 0 spiro atoms. The van der Waals surface area contributed by atoms with Crippen LogP contribution in [0.25, 0.3) is 0 Å². The number of halogens is 2. The standard InChI is InChI=1S/C16H26F2N2O6/c1-14(2,3)26-13(24)19-8-16(17,18)11-9(19)7-25-20(11)6-10(21)15(4,5)12(22)23/h9-11,21H,6-8H2,1-5H3,(H,22,23)/t9-,10?,11+/m1/s1. The van der Waals surface area contributed by atoms with Gasteiger partial charge in [-0.1, -0.05) is 0 Å². The molecule has 2 aliphatic rings. The highest BCUT2D eigenvalue weighted by Crippen LogP contribution is 2.41. The summed E-state index contributed by atoms with van der Waals surface area (Å²) in [6, 6.07) is -2.42. The molecule has 26 heavy (non-hydrogen) atoms. The number of carbonyl (C=O) groups is 2. The summed E-state index contributed by atoms with van der Waals surface area (Å²) in [5.74, 6) is -4.54. The molecule has 150 valence electrons. The summed E-state index contributed by atoms with van der Waals surface area (Å²) in [6.45, 7) is 6.09. The number of carboxylic acid groups (broad SMARTS) is 1. The summed E-state index contributed by atoms with van der Waals surface area (Å²) in [6.07, 6.45) is -2.30. The third-order valence-corrected chi connectivity index (χ3v) is 4.67. The van der Waals surface area contributed by atoms with Crippen LogP contribution in [0.1, 0.15) is 34.6 Å². The number of aliphatic hydroxyl groups is 1. The molecule has 3 atom stereocenters. The highest BCUT2D eigenvalue weighted by Gasteiger charge is 2.63. The molecule has 1 amide bonds. The number of hydrogen-bond donors (Lipinski definition) is 2. The molecule has 2 fully saturated rings. The fourth-order valence-corrected chi connectivity index (χ4v) is 2.95. The Morgan fingerprint density at radius 2 is 1.88 bits per heavy atom. The van der Waals surface area contributed by atoms with Crippen molar-refractivity contribution in [1.29, 1.82) is 0 Å². The van der Waals surface area contributed by atoms with Crippen molar-refractivity contribution in [3.63, 3.8) is 0 Å². The highest BCUT2D eigenvalue weighted by molar-refractivity contribution is 5.74. The largest absolute Gasteiger partial charge is 0.481 e. The summed E-state index contributed by atoms with van der Waals surface area (Å²) in [5, 5.41) is 20.2. The van der Waals surface area contributed by atoms with Crippen molar-refractivity contribution in [2.24, 2.45) is 5.41 Å². The Morgan fingerprint density at radius 1 is 1.31 bits per heavy atom. The lowest BCUT2D eigenvalue weighted by atomic mass is 9.86. The lowest BCUT2D eigenvalue weighted by Gasteiger charge is -2.32. The summed E-state index contributed by atoms with van der Waals surface area (Å²) < 4.78 is 34.2. The quantitative estimate of drug-likeness (QED) is 0.759. The number of likely N-dealkylation sites (tertiary alicyclic amines) is 1. The number of β-amino-alcohol motifs (C(OH)–C–C–N with tert-alkyl or cyclic N) is 1. The molecule has 2 heterocycles. The number of aliphatic hydroxyl groups excluding tert-OH is 1. The van der Waals surface area contributed by atoms with Crippen LogP contribution in [-0.4, -0.2) is 81.6 Å². The lowest BCUT2D eigenvalue weighted by Crippen LogP contribution is -2.51. The zero-order chi connectivity index (χ0) is 20.1. The van der Waals surface area contributed by atoms with E-state index in [1.807, 2.05) is 0 Å². The number of hydroxylamine groups is 2. The van der Waals surface area contributed by atoms with Gasteiger partial charge in [-0.2, -0.15) is 5.06 Å². The smallest absolute Gasteiger partial charge is 0.410 e. The normalized spacial score (nSPS) is 27.3. The van der Waals surface area contributed by atoms with Gasteiger partial charge < -0.3 is 14.9 Å². The molecular formula is C16H26F2N2O6. The van der Waals surface area contributed by atoms with Crippen LogP contribution in [0.5, 0.6) is 0 Å². The monoisotopic (exact) mass is 380 g/mol. The predicted molar refractivity (Wildman–Crippen MR) is 85.5 cm³/mol. The van der Waals surface area contributed by atoms with E-state index in [2.05, 4.69) is 0 Å². The van der Waals surface area contributed by atoms with Crippen molar-refractivity contribution in [3.05, 3.63) is 0 Å². The number of carboxylic acids is 1. The molecule has 2 saturated heterocycles. The fraction of sp³-hybridized carbons (Fsp3) is 0.875. The SMILES string of the molecule is CC(C)(C)OC(=O)N1CC(F)(F)[C@@H]2[C@H]1CON2CC(O)C(C)(C)C(=O)O. The van der Waals surface area contributed by atoms with Gasteiger partial charge in [-0.25, -0.2) is 13.6 Å². The van der Waals surface area contributed by atoms with E-state index in [-0.39, 0.29) is 6.61 Å². The van der Waals surface area contributed by atoms with Crippen molar-refractivity contribution in [2.75, 3.05) is 19.7 Å². The van der Waals surface area contributed by atoms with Crippen LogP contribution in [0.2, 0.25) is 0 Å². The number of ether oxygens (including phenoxy) is 1. The molecular weight excluding hydrogens is 354 g/mol. The van der Waals surface area contributed by atoms with Gasteiger partial charge in [0.25, 0.3) is 5.92 Å². The third-order valence-electron chi connectivity index (χ3n) is 4.67. The molecule has 0 aromatic heterocycles. The number of aliphatic carboxylic acids is 1. The van der Waals surface area contributed by atoms with Crippen LogP contribution in [-0.2, 0) is 14.4 Å². The van der Waals surface area contributed by atoms with E-state index >= 15 is 0 Å². The Balaban J connectivity index is 2.15. The maximum atomic E-state index is 14.5.